The standard InChI is InChI=1S/C21H23ClN2O5S/c1-2-24(16-9-4-3-5-10-16)30(27,28)17-11-12-18(22)19(13-17)23-20(25)14-29-21(26)15-7-6-8-15/h3-5,9-13,15H,2,6-8,14H2,1H3,(H,23,25). The highest BCUT2D eigenvalue weighted by Crippen LogP contribution is 2.30. The van der Waals surface area contributed by atoms with Crippen LogP contribution in [0.4, 0.5) is 11.4 Å². The number of ether oxygens (including phenoxy) is 1. The maximum atomic E-state index is 13.1. The molecule has 0 aliphatic heterocycles. The Morgan fingerprint density at radius 1 is 1.17 bits per heavy atom. The Labute approximate surface area is 181 Å². The van der Waals surface area contributed by atoms with Gasteiger partial charge in [-0.1, -0.05) is 36.2 Å². The maximum Gasteiger partial charge on any atom is 0.309 e. The molecule has 0 saturated heterocycles. The van der Waals surface area contributed by atoms with E-state index in [0.717, 1.165) is 19.3 Å². The highest BCUT2D eigenvalue weighted by molar-refractivity contribution is 7.92. The van der Waals surface area contributed by atoms with Gasteiger partial charge in [-0.2, -0.15) is 0 Å². The number of rotatable bonds is 8. The Morgan fingerprint density at radius 3 is 2.47 bits per heavy atom. The zero-order chi connectivity index (χ0) is 21.7. The van der Waals surface area contributed by atoms with Crippen LogP contribution in [0.5, 0.6) is 0 Å². The van der Waals surface area contributed by atoms with Crippen LogP contribution in [0.15, 0.2) is 53.4 Å². The van der Waals surface area contributed by atoms with Crippen LogP contribution in [0, 0.1) is 5.92 Å². The predicted octanol–water partition coefficient (Wildman–Crippen LogP) is 3.84. The summed E-state index contributed by atoms with van der Waals surface area (Å²) in [7, 11) is -3.87. The molecule has 0 bridgehead atoms. The van der Waals surface area contributed by atoms with Gasteiger partial charge < -0.3 is 10.1 Å². The highest BCUT2D eigenvalue weighted by atomic mass is 35.5. The van der Waals surface area contributed by atoms with Crippen molar-refractivity contribution in [3.63, 3.8) is 0 Å². The van der Waals surface area contributed by atoms with E-state index in [9.17, 15) is 18.0 Å². The second-order valence-corrected chi connectivity index (χ2v) is 9.20. The molecule has 3 rings (SSSR count). The van der Waals surface area contributed by atoms with E-state index in [4.69, 9.17) is 16.3 Å². The summed E-state index contributed by atoms with van der Waals surface area (Å²) in [4.78, 5) is 23.9. The number of sulfonamides is 1. The quantitative estimate of drug-likeness (QED) is 0.617. The third kappa shape index (κ3) is 4.94. The molecule has 7 nitrogen and oxygen atoms in total. The molecular weight excluding hydrogens is 428 g/mol. The van der Waals surface area contributed by atoms with Gasteiger partial charge in [0, 0.05) is 6.54 Å². The van der Waals surface area contributed by atoms with E-state index in [1.165, 1.54) is 22.5 Å². The van der Waals surface area contributed by atoms with Gasteiger partial charge in [-0.3, -0.25) is 13.9 Å². The third-order valence-electron chi connectivity index (χ3n) is 4.92. The molecular formula is C21H23ClN2O5S. The van der Waals surface area contributed by atoms with E-state index in [1.54, 1.807) is 37.3 Å². The lowest BCUT2D eigenvalue weighted by Crippen LogP contribution is -2.31. The zero-order valence-corrected chi connectivity index (χ0v) is 18.1. The topological polar surface area (TPSA) is 92.8 Å². The fourth-order valence-corrected chi connectivity index (χ4v) is 4.72. The van der Waals surface area contributed by atoms with Gasteiger partial charge >= 0.3 is 5.97 Å². The first-order valence-electron chi connectivity index (χ1n) is 9.66. The number of carbonyl (C=O) groups excluding carboxylic acids is 2. The van der Waals surface area contributed by atoms with Crippen LogP contribution in [-0.2, 0) is 24.3 Å². The van der Waals surface area contributed by atoms with Crippen LogP contribution in [0.2, 0.25) is 5.02 Å². The minimum absolute atomic E-state index is 0.0145. The average molecular weight is 451 g/mol. The summed E-state index contributed by atoms with van der Waals surface area (Å²) in [6, 6.07) is 12.8. The van der Waals surface area contributed by atoms with Crippen molar-refractivity contribution in [1.29, 1.82) is 0 Å². The van der Waals surface area contributed by atoms with Gasteiger partial charge in [-0.05, 0) is 50.1 Å². The van der Waals surface area contributed by atoms with Crippen LogP contribution in [0.1, 0.15) is 26.2 Å². The molecule has 1 amide bonds. The third-order valence-corrected chi connectivity index (χ3v) is 7.14. The minimum Gasteiger partial charge on any atom is -0.455 e. The molecule has 2 aromatic carbocycles. The maximum absolute atomic E-state index is 13.1. The highest BCUT2D eigenvalue weighted by Gasteiger charge is 2.27. The molecule has 1 N–H and O–H groups in total. The lowest BCUT2D eigenvalue weighted by atomic mass is 9.86. The van der Waals surface area contributed by atoms with Crippen molar-refractivity contribution >= 4 is 44.9 Å². The van der Waals surface area contributed by atoms with Crippen molar-refractivity contribution in [1.82, 2.24) is 0 Å². The van der Waals surface area contributed by atoms with Gasteiger partial charge in [-0.25, -0.2) is 8.42 Å². The van der Waals surface area contributed by atoms with Gasteiger partial charge in [0.05, 0.1) is 27.2 Å². The smallest absolute Gasteiger partial charge is 0.309 e. The molecule has 0 spiro atoms. The number of halogens is 1. The Hall–Kier alpha value is -2.58. The van der Waals surface area contributed by atoms with Gasteiger partial charge in [0.15, 0.2) is 6.61 Å². The van der Waals surface area contributed by atoms with E-state index < -0.39 is 22.5 Å². The predicted molar refractivity (Wildman–Crippen MR) is 115 cm³/mol. The Kier molecular flexibility index (Phi) is 6.99. The van der Waals surface area contributed by atoms with Crippen molar-refractivity contribution < 1.29 is 22.7 Å². The van der Waals surface area contributed by atoms with Crippen molar-refractivity contribution in [2.75, 3.05) is 22.8 Å². The van der Waals surface area contributed by atoms with Crippen molar-refractivity contribution in [3.05, 3.63) is 53.6 Å². The average Bonchev–Trinajstić information content (AvgIpc) is 2.68. The number of nitrogens with one attached hydrogen (secondary N) is 1. The van der Waals surface area contributed by atoms with Crippen molar-refractivity contribution in [3.8, 4) is 0 Å². The minimum atomic E-state index is -3.87. The monoisotopic (exact) mass is 450 g/mol. The van der Waals surface area contributed by atoms with Gasteiger partial charge in [-0.15, -0.1) is 0 Å². The Bertz CT molecular complexity index is 1020. The second kappa shape index (κ2) is 9.49. The Morgan fingerprint density at radius 2 is 1.87 bits per heavy atom. The first-order chi connectivity index (χ1) is 14.3. The molecule has 1 saturated carbocycles. The summed E-state index contributed by atoms with van der Waals surface area (Å²) in [5.41, 5.74) is 0.662. The summed E-state index contributed by atoms with van der Waals surface area (Å²) in [5.74, 6) is -1.11. The lowest BCUT2D eigenvalue weighted by molar-refractivity contribution is -0.154. The Balaban J connectivity index is 1.75. The number of amides is 1. The SMILES string of the molecule is CCN(c1ccccc1)S(=O)(=O)c1ccc(Cl)c(NC(=O)COC(=O)C2CCC2)c1. The summed E-state index contributed by atoms with van der Waals surface area (Å²) in [5, 5.41) is 2.69. The number of carbonyl (C=O) groups is 2. The number of para-hydroxylation sites is 1. The molecule has 0 unspecified atom stereocenters. The van der Waals surface area contributed by atoms with E-state index in [-0.39, 0.29) is 34.0 Å². The number of esters is 1. The molecule has 1 fully saturated rings. The summed E-state index contributed by atoms with van der Waals surface area (Å²) in [6.45, 7) is 1.52. The van der Waals surface area contributed by atoms with Crippen LogP contribution in [0.3, 0.4) is 0 Å². The molecule has 2 aromatic rings. The molecule has 0 aromatic heterocycles. The van der Waals surface area contributed by atoms with Crippen LogP contribution in [-0.4, -0.2) is 33.4 Å². The first kappa shape index (κ1) is 22.1. The van der Waals surface area contributed by atoms with Crippen molar-refractivity contribution in [2.24, 2.45) is 5.92 Å². The molecule has 0 heterocycles. The number of nitrogens with zero attached hydrogens (tertiary/aromatic N) is 1. The molecule has 0 atom stereocenters. The van der Waals surface area contributed by atoms with Crippen molar-refractivity contribution in [2.45, 2.75) is 31.1 Å². The summed E-state index contributed by atoms with van der Waals surface area (Å²) >= 11 is 6.13. The molecule has 1 aliphatic rings. The van der Waals surface area contributed by atoms with Gasteiger partial charge in [0.1, 0.15) is 0 Å². The van der Waals surface area contributed by atoms with E-state index >= 15 is 0 Å². The number of benzene rings is 2. The van der Waals surface area contributed by atoms with Gasteiger partial charge in [0.25, 0.3) is 15.9 Å². The number of hydrogen-bond acceptors (Lipinski definition) is 5. The zero-order valence-electron chi connectivity index (χ0n) is 16.5. The fraction of sp³-hybridized carbons (Fsp3) is 0.333. The number of anilines is 2. The van der Waals surface area contributed by atoms with E-state index in [0.29, 0.717) is 5.69 Å². The van der Waals surface area contributed by atoms with E-state index in [1.807, 2.05) is 0 Å². The summed E-state index contributed by atoms with van der Waals surface area (Å²) < 4.78 is 32.6. The molecule has 30 heavy (non-hydrogen) atoms. The fourth-order valence-electron chi connectivity index (χ4n) is 3.06. The second-order valence-electron chi connectivity index (χ2n) is 6.93. The first-order valence-corrected chi connectivity index (χ1v) is 11.5. The molecule has 9 heteroatoms. The van der Waals surface area contributed by atoms with Crippen LogP contribution >= 0.6 is 11.6 Å². The van der Waals surface area contributed by atoms with Crippen LogP contribution < -0.4 is 9.62 Å². The number of hydrogen-bond donors (Lipinski definition) is 1. The largest absolute Gasteiger partial charge is 0.455 e. The molecule has 0 radical (unpaired) electrons. The normalized spacial score (nSPS) is 13.9. The molecule has 1 aliphatic carbocycles. The van der Waals surface area contributed by atoms with Crippen LogP contribution in [0.25, 0.3) is 0 Å². The van der Waals surface area contributed by atoms with Gasteiger partial charge in [0.2, 0.25) is 0 Å². The lowest BCUT2D eigenvalue weighted by Gasteiger charge is -2.23. The molecule has 160 valence electrons. The summed E-state index contributed by atoms with van der Waals surface area (Å²) in [6.07, 6.45) is 2.55. The van der Waals surface area contributed by atoms with E-state index in [2.05, 4.69) is 5.32 Å².